The molecule has 0 aliphatic heterocycles. The van der Waals surface area contributed by atoms with E-state index in [2.05, 4.69) is 36.4 Å². The van der Waals surface area contributed by atoms with E-state index in [4.69, 9.17) is 14.3 Å². The Morgan fingerprint density at radius 2 is 0.958 bits per heavy atom. The molecule has 0 fully saturated rings. The summed E-state index contributed by atoms with van der Waals surface area (Å²) in [5.41, 5.74) is 3.17. The number of hydrogen-bond acceptors (Lipinski definition) is 5. The number of pyridine rings is 2. The van der Waals surface area contributed by atoms with Crippen LogP contribution in [0.4, 0.5) is 17.6 Å². The Bertz CT molecular complexity index is 1490. The van der Waals surface area contributed by atoms with E-state index in [1.165, 1.54) is 41.2 Å². The molecule has 0 saturated carbocycles. The summed E-state index contributed by atoms with van der Waals surface area (Å²) in [7, 11) is -2.23. The molecule has 5 aromatic rings. The third kappa shape index (κ3) is 10.6. The van der Waals surface area contributed by atoms with Crippen molar-refractivity contribution in [2.45, 2.75) is 32.1 Å². The zero-order chi connectivity index (χ0) is 34.8. The van der Waals surface area contributed by atoms with Crippen LogP contribution in [-0.2, 0) is 10.1 Å². The number of halogens is 4. The van der Waals surface area contributed by atoms with Gasteiger partial charge in [-0.1, -0.05) is 91.0 Å². The predicted octanol–water partition coefficient (Wildman–Crippen LogP) is 3.92. The molecule has 2 heterocycles. The number of benzene rings is 3. The molecular formula is C36H37BF4N2O5. The fourth-order valence-electron chi connectivity index (χ4n) is 4.99. The van der Waals surface area contributed by atoms with Crippen LogP contribution < -0.4 is 29.2 Å². The Kier molecular flexibility index (Phi) is 15.5. The van der Waals surface area contributed by atoms with Crippen LogP contribution in [0.25, 0.3) is 0 Å². The zero-order valence-electron chi connectivity index (χ0n) is 26.7. The molecule has 0 unspecified atom stereocenters. The number of nitrogens with zero attached hydrogens (tertiary/aromatic N) is 2. The van der Waals surface area contributed by atoms with Crippen molar-refractivity contribution in [2.75, 3.05) is 19.8 Å². The van der Waals surface area contributed by atoms with Crippen molar-refractivity contribution < 1.29 is 51.4 Å². The molecule has 0 spiro atoms. The smallest absolute Gasteiger partial charge is 0.444 e. The molecule has 12 heteroatoms. The van der Waals surface area contributed by atoms with Gasteiger partial charge in [-0.05, 0) is 55.5 Å². The minimum Gasteiger partial charge on any atom is -0.871 e. The molecule has 5 rings (SSSR count). The van der Waals surface area contributed by atoms with E-state index in [0.717, 1.165) is 28.0 Å². The second-order valence-corrected chi connectivity index (χ2v) is 10.0. The summed E-state index contributed by atoms with van der Waals surface area (Å²) in [4.78, 5) is 9.44. The second-order valence-electron chi connectivity index (χ2n) is 10.0. The third-order valence-electron chi connectivity index (χ3n) is 7.00. The van der Waals surface area contributed by atoms with Gasteiger partial charge in [0, 0.05) is 33.6 Å². The molecule has 0 atom stereocenters. The summed E-state index contributed by atoms with van der Waals surface area (Å²) < 4.78 is 56.4. The SMILES string of the molecule is CCO[n+]1cccc(F)c1F.CCO[n+]1cccc(F)c1F.[O-]B([O-])OCCCC(c1ccccc1)(c1ccccc1)c1ccccc1. The van der Waals surface area contributed by atoms with Crippen LogP contribution in [0, 0.1) is 23.5 Å². The van der Waals surface area contributed by atoms with Gasteiger partial charge in [0.2, 0.25) is 24.0 Å². The van der Waals surface area contributed by atoms with E-state index in [1.54, 1.807) is 13.8 Å². The van der Waals surface area contributed by atoms with Crippen molar-refractivity contribution in [3.63, 3.8) is 0 Å². The van der Waals surface area contributed by atoms with Gasteiger partial charge in [0.15, 0.2) is 13.2 Å². The van der Waals surface area contributed by atoms with E-state index in [-0.39, 0.29) is 12.0 Å². The lowest BCUT2D eigenvalue weighted by Gasteiger charge is -2.37. The van der Waals surface area contributed by atoms with E-state index in [1.807, 2.05) is 54.6 Å². The summed E-state index contributed by atoms with van der Waals surface area (Å²) in [6.07, 6.45) is 3.96. The van der Waals surface area contributed by atoms with Gasteiger partial charge in [-0.2, -0.15) is 8.78 Å². The van der Waals surface area contributed by atoms with Crippen LogP contribution in [-0.4, -0.2) is 27.1 Å². The highest BCUT2D eigenvalue weighted by molar-refractivity contribution is 6.28. The van der Waals surface area contributed by atoms with Crippen LogP contribution in [0.5, 0.6) is 0 Å². The average Bonchev–Trinajstić information content (AvgIpc) is 3.11. The first-order valence-corrected chi connectivity index (χ1v) is 15.3. The predicted molar refractivity (Wildman–Crippen MR) is 167 cm³/mol. The third-order valence-corrected chi connectivity index (χ3v) is 7.00. The first-order chi connectivity index (χ1) is 23.2. The summed E-state index contributed by atoms with van der Waals surface area (Å²) in [6, 6.07) is 35.8. The van der Waals surface area contributed by atoms with Crippen molar-refractivity contribution in [2.24, 2.45) is 0 Å². The fraction of sp³-hybridized carbons (Fsp3) is 0.222. The van der Waals surface area contributed by atoms with Gasteiger partial charge in [0.05, 0.1) is 7.32 Å². The topological polar surface area (TPSA) is 81.6 Å². The fourth-order valence-corrected chi connectivity index (χ4v) is 4.99. The quantitative estimate of drug-likeness (QED) is 0.0505. The van der Waals surface area contributed by atoms with Crippen LogP contribution in [0.3, 0.4) is 0 Å². The molecule has 48 heavy (non-hydrogen) atoms. The average molecular weight is 665 g/mol. The molecule has 2 aromatic heterocycles. The molecule has 0 aliphatic rings. The lowest BCUT2D eigenvalue weighted by molar-refractivity contribution is -0.911. The van der Waals surface area contributed by atoms with Crippen molar-refractivity contribution in [1.29, 1.82) is 0 Å². The molecule has 0 N–H and O–H groups in total. The Labute approximate surface area is 278 Å². The Hall–Kier alpha value is -4.78. The van der Waals surface area contributed by atoms with Gasteiger partial charge in [-0.25, -0.2) is 0 Å². The molecule has 0 aliphatic carbocycles. The second kappa shape index (κ2) is 19.8. The summed E-state index contributed by atoms with van der Waals surface area (Å²) in [6.45, 7) is 4.14. The molecule has 7 nitrogen and oxygen atoms in total. The van der Waals surface area contributed by atoms with E-state index < -0.39 is 30.9 Å². The highest BCUT2D eigenvalue weighted by atomic mass is 19.2. The van der Waals surface area contributed by atoms with E-state index in [0.29, 0.717) is 19.6 Å². The van der Waals surface area contributed by atoms with Crippen molar-refractivity contribution >= 4 is 7.32 Å². The lowest BCUT2D eigenvalue weighted by Crippen LogP contribution is -2.48. The van der Waals surface area contributed by atoms with Crippen LogP contribution in [0.2, 0.25) is 0 Å². The van der Waals surface area contributed by atoms with Crippen LogP contribution in [0.15, 0.2) is 128 Å². The normalized spacial score (nSPS) is 10.6. The molecule has 252 valence electrons. The summed E-state index contributed by atoms with van der Waals surface area (Å²) in [5, 5.41) is 21.4. The maximum Gasteiger partial charge on any atom is 0.444 e. The number of hydrogen-bond donors (Lipinski definition) is 0. The maximum atomic E-state index is 12.7. The molecular weight excluding hydrogens is 627 g/mol. The first-order valence-electron chi connectivity index (χ1n) is 15.3. The summed E-state index contributed by atoms with van der Waals surface area (Å²) in [5.74, 6) is -3.84. The van der Waals surface area contributed by atoms with Gasteiger partial charge >= 0.3 is 11.9 Å². The van der Waals surface area contributed by atoms with Crippen molar-refractivity contribution in [1.82, 2.24) is 0 Å². The van der Waals surface area contributed by atoms with Crippen LogP contribution in [0.1, 0.15) is 43.4 Å². The van der Waals surface area contributed by atoms with Crippen LogP contribution >= 0.6 is 0 Å². The van der Waals surface area contributed by atoms with Gasteiger partial charge in [-0.15, -0.1) is 8.78 Å². The number of aromatic nitrogens is 2. The standard InChI is InChI=1S/C22H21BO3.2C7H8F2NO/c24-23(25)26-18-10-17-22(19-11-4-1-5-12-19,20-13-6-2-7-14-20)21-15-8-3-9-16-21;2*1-2-11-10-5-3-4-6(8)7(10)9/h1-9,11-16H,10,17-18H2;2*3-5H,2H2,1H3/q-2;2*+1. The van der Waals surface area contributed by atoms with Crippen molar-refractivity contribution in [3.8, 4) is 0 Å². The van der Waals surface area contributed by atoms with Gasteiger partial charge in [0.25, 0.3) is 0 Å². The largest absolute Gasteiger partial charge is 0.871 e. The molecule has 0 radical (unpaired) electrons. The van der Waals surface area contributed by atoms with Gasteiger partial charge in [-0.3, -0.25) is 9.68 Å². The van der Waals surface area contributed by atoms with Gasteiger partial charge in [0.1, 0.15) is 0 Å². The minimum atomic E-state index is -2.23. The zero-order valence-corrected chi connectivity index (χ0v) is 26.7. The summed E-state index contributed by atoms with van der Waals surface area (Å²) >= 11 is 0. The maximum absolute atomic E-state index is 12.7. The molecule has 0 bridgehead atoms. The minimum absolute atomic E-state index is 0.159. The molecule has 0 amide bonds. The van der Waals surface area contributed by atoms with E-state index >= 15 is 0 Å². The molecule has 3 aromatic carbocycles. The monoisotopic (exact) mass is 664 g/mol. The Morgan fingerprint density at radius 1 is 0.583 bits per heavy atom. The lowest BCUT2D eigenvalue weighted by atomic mass is 9.67. The highest BCUT2D eigenvalue weighted by Gasteiger charge is 2.35. The van der Waals surface area contributed by atoms with Crippen molar-refractivity contribution in [3.05, 3.63) is 168 Å². The highest BCUT2D eigenvalue weighted by Crippen LogP contribution is 2.42. The first kappa shape index (κ1) is 37.7. The Morgan fingerprint density at radius 3 is 1.29 bits per heavy atom. The molecule has 0 saturated heterocycles. The number of rotatable bonds is 12. The van der Waals surface area contributed by atoms with E-state index in [9.17, 15) is 27.6 Å². The Balaban J connectivity index is 0.000000233. The van der Waals surface area contributed by atoms with Gasteiger partial charge < -0.3 is 14.7 Å².